The molecule has 0 saturated heterocycles. The van der Waals surface area contributed by atoms with E-state index in [1.807, 2.05) is 24.4 Å². The Morgan fingerprint density at radius 1 is 0.862 bits per heavy atom. The number of imidazole rings is 1. The van der Waals surface area contributed by atoms with Crippen molar-refractivity contribution in [3.8, 4) is 29.1 Å². The van der Waals surface area contributed by atoms with E-state index in [4.69, 9.17) is 10.5 Å². The highest BCUT2D eigenvalue weighted by molar-refractivity contribution is 5.61. The van der Waals surface area contributed by atoms with Gasteiger partial charge in [0.25, 0.3) is 0 Å². The van der Waals surface area contributed by atoms with Crippen molar-refractivity contribution in [2.75, 3.05) is 0 Å². The third kappa shape index (κ3) is 3.61. The molecule has 138 valence electrons. The Kier molecular flexibility index (Phi) is 4.86. The van der Waals surface area contributed by atoms with Crippen LogP contribution in [0.1, 0.15) is 28.7 Å². The van der Waals surface area contributed by atoms with Crippen molar-refractivity contribution < 1.29 is 5.11 Å². The number of rotatable bonds is 4. The van der Waals surface area contributed by atoms with E-state index in [-0.39, 0.29) is 0 Å². The Balaban J connectivity index is 1.83. The van der Waals surface area contributed by atoms with Gasteiger partial charge < -0.3 is 9.67 Å². The van der Waals surface area contributed by atoms with Crippen molar-refractivity contribution in [3.63, 3.8) is 0 Å². The summed E-state index contributed by atoms with van der Waals surface area (Å²) in [5.41, 5.74) is 3.84. The normalized spacial score (nSPS) is 11.4. The third-order valence-corrected chi connectivity index (χ3v) is 4.53. The van der Waals surface area contributed by atoms with Crippen LogP contribution >= 0.6 is 0 Å². The Bertz CT molecular complexity index is 1210. The van der Waals surface area contributed by atoms with E-state index < -0.39 is 6.10 Å². The van der Waals surface area contributed by atoms with Gasteiger partial charge in [-0.2, -0.15) is 10.5 Å². The highest BCUT2D eigenvalue weighted by Gasteiger charge is 2.21. The first-order valence-corrected chi connectivity index (χ1v) is 8.89. The van der Waals surface area contributed by atoms with E-state index in [0.717, 1.165) is 11.3 Å². The summed E-state index contributed by atoms with van der Waals surface area (Å²) >= 11 is 0. The smallest absolute Gasteiger partial charge is 0.154 e. The number of pyridine rings is 1. The number of hydrogen-bond donors (Lipinski definition) is 1. The lowest BCUT2D eigenvalue weighted by Gasteiger charge is -2.12. The lowest BCUT2D eigenvalue weighted by atomic mass is 10.1. The SMILES string of the molecule is N#Cc1ccc(-c2cn(-c3ccc(C#N)cc3)c(C(O)c3ccccn3)n2)cc1. The summed E-state index contributed by atoms with van der Waals surface area (Å²) in [4.78, 5) is 8.90. The minimum atomic E-state index is -1.03. The molecule has 0 fully saturated rings. The number of nitriles is 2. The summed E-state index contributed by atoms with van der Waals surface area (Å²) in [5, 5.41) is 29.0. The number of hydrogen-bond acceptors (Lipinski definition) is 5. The molecule has 0 aliphatic heterocycles. The zero-order chi connectivity index (χ0) is 20.2. The first kappa shape index (κ1) is 18.1. The molecule has 2 aromatic heterocycles. The molecule has 1 N–H and O–H groups in total. The van der Waals surface area contributed by atoms with Crippen molar-refractivity contribution in [3.05, 3.63) is 102 Å². The van der Waals surface area contributed by atoms with Gasteiger partial charge >= 0.3 is 0 Å². The standard InChI is InChI=1S/C23H15N5O/c24-13-16-4-8-18(9-5-16)21-15-28(19-10-6-17(14-25)7-11-19)23(27-21)22(29)20-3-1-2-12-26-20/h1-12,15,22,29H. The largest absolute Gasteiger partial charge is 0.379 e. The molecule has 29 heavy (non-hydrogen) atoms. The van der Waals surface area contributed by atoms with Crippen LogP contribution in [0.4, 0.5) is 0 Å². The average molecular weight is 377 g/mol. The highest BCUT2D eigenvalue weighted by Crippen LogP contribution is 2.28. The second-order valence-electron chi connectivity index (χ2n) is 6.36. The van der Waals surface area contributed by atoms with Crippen LogP contribution in [-0.4, -0.2) is 19.6 Å². The lowest BCUT2D eigenvalue weighted by Crippen LogP contribution is -2.09. The molecule has 6 nitrogen and oxygen atoms in total. The van der Waals surface area contributed by atoms with E-state index in [1.54, 1.807) is 59.3 Å². The molecular weight excluding hydrogens is 362 g/mol. The van der Waals surface area contributed by atoms with Crippen LogP contribution in [0.3, 0.4) is 0 Å². The Labute approximate surface area is 167 Å². The van der Waals surface area contributed by atoms with Gasteiger partial charge in [-0.25, -0.2) is 4.98 Å². The minimum absolute atomic E-state index is 0.410. The fourth-order valence-electron chi connectivity index (χ4n) is 3.02. The third-order valence-electron chi connectivity index (χ3n) is 4.53. The van der Waals surface area contributed by atoms with Crippen molar-refractivity contribution in [1.29, 1.82) is 10.5 Å². The van der Waals surface area contributed by atoms with Crippen molar-refractivity contribution in [2.24, 2.45) is 0 Å². The van der Waals surface area contributed by atoms with Gasteiger partial charge in [-0.05, 0) is 48.5 Å². The van der Waals surface area contributed by atoms with Gasteiger partial charge in [0.15, 0.2) is 6.10 Å². The number of benzene rings is 2. The van der Waals surface area contributed by atoms with E-state index in [1.165, 1.54) is 0 Å². The molecule has 4 aromatic rings. The summed E-state index contributed by atoms with van der Waals surface area (Å²) in [6.45, 7) is 0. The molecule has 2 aromatic carbocycles. The van der Waals surface area contributed by atoms with Crippen molar-refractivity contribution >= 4 is 0 Å². The number of aromatic nitrogens is 3. The summed E-state index contributed by atoms with van der Waals surface area (Å²) in [5.74, 6) is 0.410. The van der Waals surface area contributed by atoms with Crippen molar-refractivity contribution in [2.45, 2.75) is 6.10 Å². The molecule has 2 heterocycles. The molecule has 0 saturated carbocycles. The van der Waals surface area contributed by atoms with E-state index in [0.29, 0.717) is 28.3 Å². The molecule has 0 aliphatic rings. The monoisotopic (exact) mass is 377 g/mol. The van der Waals surface area contributed by atoms with Gasteiger partial charge in [-0.3, -0.25) is 4.98 Å². The second kappa shape index (κ2) is 7.77. The summed E-state index contributed by atoms with van der Waals surface area (Å²) in [6.07, 6.45) is 2.42. The first-order valence-electron chi connectivity index (χ1n) is 8.89. The van der Waals surface area contributed by atoms with Crippen LogP contribution in [0.5, 0.6) is 0 Å². The van der Waals surface area contributed by atoms with Crippen LogP contribution < -0.4 is 0 Å². The average Bonchev–Trinajstić information content (AvgIpc) is 3.24. The van der Waals surface area contributed by atoms with Crippen LogP contribution in [0.25, 0.3) is 16.9 Å². The van der Waals surface area contributed by atoms with Gasteiger partial charge in [0.1, 0.15) is 5.82 Å². The number of aliphatic hydroxyl groups excluding tert-OH is 1. The minimum Gasteiger partial charge on any atom is -0.379 e. The first-order chi connectivity index (χ1) is 14.2. The van der Waals surface area contributed by atoms with E-state index in [2.05, 4.69) is 22.1 Å². The molecule has 0 aliphatic carbocycles. The summed E-state index contributed by atoms with van der Waals surface area (Å²) < 4.78 is 1.79. The maximum absolute atomic E-state index is 10.9. The number of nitrogens with zero attached hydrogens (tertiary/aromatic N) is 5. The number of aliphatic hydroxyl groups is 1. The predicted octanol–water partition coefficient (Wildman–Crippen LogP) is 3.76. The fourth-order valence-corrected chi connectivity index (χ4v) is 3.02. The Morgan fingerprint density at radius 2 is 1.52 bits per heavy atom. The van der Waals surface area contributed by atoms with Gasteiger partial charge in [-0.1, -0.05) is 18.2 Å². The Morgan fingerprint density at radius 3 is 2.10 bits per heavy atom. The van der Waals surface area contributed by atoms with E-state index >= 15 is 0 Å². The molecule has 0 spiro atoms. The predicted molar refractivity (Wildman–Crippen MR) is 107 cm³/mol. The highest BCUT2D eigenvalue weighted by atomic mass is 16.3. The maximum atomic E-state index is 10.9. The van der Waals surface area contributed by atoms with Crippen LogP contribution in [0.2, 0.25) is 0 Å². The topological polar surface area (TPSA) is 98.5 Å². The van der Waals surface area contributed by atoms with Crippen LogP contribution in [0, 0.1) is 22.7 Å². The molecule has 0 amide bonds. The fraction of sp³-hybridized carbons (Fsp3) is 0.0435. The van der Waals surface area contributed by atoms with Crippen LogP contribution in [0.15, 0.2) is 79.1 Å². The summed E-state index contributed by atoms with van der Waals surface area (Å²) in [6, 6.07) is 23.7. The maximum Gasteiger partial charge on any atom is 0.154 e. The van der Waals surface area contributed by atoms with E-state index in [9.17, 15) is 5.11 Å². The quantitative estimate of drug-likeness (QED) is 0.584. The molecular formula is C23H15N5O. The molecule has 0 radical (unpaired) electrons. The van der Waals surface area contributed by atoms with Gasteiger partial charge in [0.2, 0.25) is 0 Å². The Hall–Kier alpha value is -4.26. The second-order valence-corrected chi connectivity index (χ2v) is 6.36. The van der Waals surface area contributed by atoms with Crippen LogP contribution in [-0.2, 0) is 0 Å². The molecule has 1 atom stereocenters. The summed E-state index contributed by atoms with van der Waals surface area (Å²) in [7, 11) is 0. The van der Waals surface area contributed by atoms with Gasteiger partial charge in [0, 0.05) is 23.6 Å². The lowest BCUT2D eigenvalue weighted by molar-refractivity contribution is 0.203. The van der Waals surface area contributed by atoms with Gasteiger partial charge in [-0.15, -0.1) is 0 Å². The van der Waals surface area contributed by atoms with Gasteiger partial charge in [0.05, 0.1) is 34.7 Å². The molecule has 0 bridgehead atoms. The zero-order valence-electron chi connectivity index (χ0n) is 15.3. The molecule has 6 heteroatoms. The zero-order valence-corrected chi connectivity index (χ0v) is 15.3. The molecule has 1 unspecified atom stereocenters. The molecule has 4 rings (SSSR count). The van der Waals surface area contributed by atoms with Crippen molar-refractivity contribution in [1.82, 2.24) is 14.5 Å².